The molecule has 3 saturated carbocycles. The summed E-state index contributed by atoms with van der Waals surface area (Å²) < 4.78 is 0. The fourth-order valence-corrected chi connectivity index (χ4v) is 7.56. The third kappa shape index (κ3) is 1.95. The average Bonchev–Trinajstić information content (AvgIpc) is 2.96. The van der Waals surface area contributed by atoms with Crippen molar-refractivity contribution in [1.82, 2.24) is 0 Å². The number of hydrogen-bond donors (Lipinski definition) is 0. The second-order valence-corrected chi connectivity index (χ2v) is 9.12. The quantitative estimate of drug-likeness (QED) is 0.526. The number of ketones is 1. The summed E-state index contributed by atoms with van der Waals surface area (Å²) in [5.41, 5.74) is 1.43. The highest BCUT2D eigenvalue weighted by molar-refractivity contribution is 5.91. The van der Waals surface area contributed by atoms with E-state index in [1.807, 2.05) is 6.08 Å². The fourth-order valence-electron chi connectivity index (χ4n) is 7.56. The number of allylic oxidation sites excluding steroid dienone is 3. The molecule has 0 aromatic rings. The lowest BCUT2D eigenvalue weighted by atomic mass is 9.53. The molecule has 5 rings (SSSR count). The molecular weight excluding hydrogens is 296 g/mol. The van der Waals surface area contributed by atoms with E-state index in [4.69, 9.17) is 0 Å². The molecule has 2 heteroatoms. The largest absolute Gasteiger partial charge is 0.303 e. The minimum atomic E-state index is -0.0387. The Bertz CT molecular complexity index is 630. The summed E-state index contributed by atoms with van der Waals surface area (Å²) in [7, 11) is 0. The molecule has 0 saturated heterocycles. The molecule has 128 valence electrons. The van der Waals surface area contributed by atoms with E-state index in [2.05, 4.69) is 12.2 Å². The monoisotopic (exact) mass is 324 g/mol. The summed E-state index contributed by atoms with van der Waals surface area (Å²) >= 11 is 0. The van der Waals surface area contributed by atoms with Crippen molar-refractivity contribution >= 4 is 12.1 Å². The number of carbonyl (C=O) groups is 2. The maximum atomic E-state index is 12.2. The van der Waals surface area contributed by atoms with E-state index in [0.717, 1.165) is 49.9 Å². The van der Waals surface area contributed by atoms with Gasteiger partial charge in [-0.15, -0.1) is 0 Å². The summed E-state index contributed by atoms with van der Waals surface area (Å²) in [4.78, 5) is 24.0. The molecule has 0 N–H and O–H groups in total. The van der Waals surface area contributed by atoms with Gasteiger partial charge >= 0.3 is 0 Å². The van der Waals surface area contributed by atoms with Gasteiger partial charge in [0.25, 0.3) is 0 Å². The van der Waals surface area contributed by atoms with Crippen molar-refractivity contribution in [2.45, 2.75) is 57.8 Å². The first-order valence-electron chi connectivity index (χ1n) is 10.1. The Morgan fingerprint density at radius 3 is 2.79 bits per heavy atom. The number of rotatable bonds is 1. The van der Waals surface area contributed by atoms with Gasteiger partial charge in [0.2, 0.25) is 0 Å². The van der Waals surface area contributed by atoms with Gasteiger partial charge in [-0.1, -0.05) is 17.7 Å². The molecule has 3 fully saturated rings. The highest BCUT2D eigenvalue weighted by Gasteiger charge is 2.59. The standard InChI is InChI=1S/C22H28O2/c23-13-22-10-2-1-3-15(22)12-20-19-6-4-14-11-16(24)5-7-17(14)18(19)8-9-21(20)22/h1-2,11,13,15,17-21H,3-10,12H2. The van der Waals surface area contributed by atoms with Crippen molar-refractivity contribution < 1.29 is 9.59 Å². The van der Waals surface area contributed by atoms with Crippen LogP contribution in [0.1, 0.15) is 57.8 Å². The molecule has 0 aromatic carbocycles. The number of hydrogen-bond acceptors (Lipinski definition) is 2. The zero-order chi connectivity index (χ0) is 16.3. The van der Waals surface area contributed by atoms with E-state index in [9.17, 15) is 9.59 Å². The lowest BCUT2D eigenvalue weighted by molar-refractivity contribution is -0.123. The van der Waals surface area contributed by atoms with Gasteiger partial charge in [0.15, 0.2) is 5.78 Å². The summed E-state index contributed by atoms with van der Waals surface area (Å²) in [5, 5.41) is 0. The Morgan fingerprint density at radius 2 is 1.92 bits per heavy atom. The zero-order valence-corrected chi connectivity index (χ0v) is 14.5. The third-order valence-electron chi connectivity index (χ3n) is 8.52. The van der Waals surface area contributed by atoms with Crippen LogP contribution in [0, 0.1) is 40.9 Å². The highest BCUT2D eigenvalue weighted by Crippen LogP contribution is 2.65. The van der Waals surface area contributed by atoms with Crippen molar-refractivity contribution in [2.75, 3.05) is 0 Å². The molecule has 7 unspecified atom stereocenters. The molecule has 0 bridgehead atoms. The van der Waals surface area contributed by atoms with Crippen molar-refractivity contribution in [1.29, 1.82) is 0 Å². The van der Waals surface area contributed by atoms with Gasteiger partial charge < -0.3 is 4.79 Å². The van der Waals surface area contributed by atoms with E-state index in [1.54, 1.807) is 0 Å². The molecule has 7 atom stereocenters. The van der Waals surface area contributed by atoms with Gasteiger partial charge in [0.05, 0.1) is 0 Å². The van der Waals surface area contributed by atoms with E-state index >= 15 is 0 Å². The molecule has 5 aliphatic carbocycles. The van der Waals surface area contributed by atoms with E-state index < -0.39 is 0 Å². The summed E-state index contributed by atoms with van der Waals surface area (Å²) in [6.45, 7) is 0. The summed E-state index contributed by atoms with van der Waals surface area (Å²) in [6, 6.07) is 0. The van der Waals surface area contributed by atoms with Crippen LogP contribution in [0.25, 0.3) is 0 Å². The van der Waals surface area contributed by atoms with Crippen LogP contribution >= 0.6 is 0 Å². The maximum absolute atomic E-state index is 12.2. The number of aldehydes is 1. The first kappa shape index (κ1) is 15.1. The van der Waals surface area contributed by atoms with Crippen LogP contribution < -0.4 is 0 Å². The number of carbonyl (C=O) groups excluding carboxylic acids is 2. The fraction of sp³-hybridized carbons (Fsp3) is 0.727. The molecule has 24 heavy (non-hydrogen) atoms. The smallest absolute Gasteiger partial charge is 0.155 e. The third-order valence-corrected chi connectivity index (χ3v) is 8.52. The molecule has 0 aliphatic heterocycles. The van der Waals surface area contributed by atoms with Gasteiger partial charge in [-0.05, 0) is 93.0 Å². The lowest BCUT2D eigenvalue weighted by Gasteiger charge is -2.51. The molecular formula is C22H28O2. The Kier molecular flexibility index (Phi) is 3.40. The molecule has 0 amide bonds. The van der Waals surface area contributed by atoms with Gasteiger partial charge in [0, 0.05) is 11.8 Å². The Hall–Kier alpha value is -1.18. The second-order valence-electron chi connectivity index (χ2n) is 9.12. The van der Waals surface area contributed by atoms with Gasteiger partial charge in [-0.2, -0.15) is 0 Å². The maximum Gasteiger partial charge on any atom is 0.155 e. The summed E-state index contributed by atoms with van der Waals surface area (Å²) in [6.07, 6.45) is 18.1. The topological polar surface area (TPSA) is 34.1 Å². The minimum Gasteiger partial charge on any atom is -0.303 e. The predicted octanol–water partition coefficient (Wildman–Crippen LogP) is 4.50. The second kappa shape index (κ2) is 5.41. The van der Waals surface area contributed by atoms with E-state index in [1.165, 1.54) is 37.5 Å². The Labute approximate surface area is 144 Å². The molecule has 0 heterocycles. The molecule has 2 nitrogen and oxygen atoms in total. The van der Waals surface area contributed by atoms with E-state index in [-0.39, 0.29) is 5.41 Å². The van der Waals surface area contributed by atoms with Crippen LogP contribution in [0.5, 0.6) is 0 Å². The van der Waals surface area contributed by atoms with Crippen LogP contribution in [0.3, 0.4) is 0 Å². The Balaban J connectivity index is 1.45. The zero-order valence-electron chi connectivity index (χ0n) is 14.5. The van der Waals surface area contributed by atoms with E-state index in [0.29, 0.717) is 23.5 Å². The first-order valence-corrected chi connectivity index (χ1v) is 10.1. The van der Waals surface area contributed by atoms with Crippen LogP contribution in [0.4, 0.5) is 0 Å². The first-order chi connectivity index (χ1) is 11.7. The van der Waals surface area contributed by atoms with Crippen LogP contribution in [-0.2, 0) is 9.59 Å². The van der Waals surface area contributed by atoms with Crippen molar-refractivity contribution in [3.8, 4) is 0 Å². The van der Waals surface area contributed by atoms with Gasteiger partial charge in [-0.3, -0.25) is 4.79 Å². The van der Waals surface area contributed by atoms with Crippen LogP contribution in [0.15, 0.2) is 23.8 Å². The van der Waals surface area contributed by atoms with Gasteiger partial charge in [-0.25, -0.2) is 0 Å². The van der Waals surface area contributed by atoms with Crippen LogP contribution in [0.2, 0.25) is 0 Å². The van der Waals surface area contributed by atoms with Crippen molar-refractivity contribution in [3.05, 3.63) is 23.8 Å². The molecule has 0 radical (unpaired) electrons. The molecule has 0 spiro atoms. The highest BCUT2D eigenvalue weighted by atomic mass is 16.1. The SMILES string of the molecule is O=CC12CC=CCC1CC1C3CCC4=CC(=O)CCC4C3CCC12. The van der Waals surface area contributed by atoms with Crippen molar-refractivity contribution in [2.24, 2.45) is 40.9 Å². The minimum absolute atomic E-state index is 0.0387. The normalized spacial score (nSPS) is 49.5. The Morgan fingerprint density at radius 1 is 1.00 bits per heavy atom. The number of fused-ring (bicyclic) bond motifs is 7. The lowest BCUT2D eigenvalue weighted by Crippen LogP contribution is -2.45. The average molecular weight is 324 g/mol. The predicted molar refractivity (Wildman–Crippen MR) is 93.2 cm³/mol. The summed E-state index contributed by atoms with van der Waals surface area (Å²) in [5.74, 6) is 4.61. The molecule has 5 aliphatic rings. The van der Waals surface area contributed by atoms with Crippen LogP contribution in [-0.4, -0.2) is 12.1 Å². The van der Waals surface area contributed by atoms with Crippen molar-refractivity contribution in [3.63, 3.8) is 0 Å². The van der Waals surface area contributed by atoms with Gasteiger partial charge in [0.1, 0.15) is 6.29 Å². The molecule has 0 aromatic heterocycles.